The van der Waals surface area contributed by atoms with Gasteiger partial charge in [0.2, 0.25) is 0 Å². The molecule has 0 spiro atoms. The molecule has 0 aliphatic carbocycles. The number of hydrogen-bond acceptors (Lipinski definition) is 3. The van der Waals surface area contributed by atoms with Crippen LogP contribution in [0.2, 0.25) is 0 Å². The van der Waals surface area contributed by atoms with Crippen LogP contribution in [0, 0.1) is 0 Å². The third-order valence-corrected chi connectivity index (χ3v) is 2.90. The summed E-state index contributed by atoms with van der Waals surface area (Å²) in [5, 5.41) is 2.04. The molecule has 0 radical (unpaired) electrons. The monoisotopic (exact) mass is 194 g/mol. The fourth-order valence-corrected chi connectivity index (χ4v) is 2.07. The summed E-state index contributed by atoms with van der Waals surface area (Å²) in [5.74, 6) is 0.883. The van der Waals surface area contributed by atoms with Crippen molar-refractivity contribution in [3.63, 3.8) is 0 Å². The molecule has 4 heteroatoms. The fraction of sp³-hybridized carbons (Fsp3) is 0.222. The molecule has 0 bridgehead atoms. The molecular weight excluding hydrogens is 184 g/mol. The van der Waals surface area contributed by atoms with Crippen LogP contribution in [0.3, 0.4) is 0 Å². The molecule has 2 aromatic rings. The molecule has 0 saturated heterocycles. The van der Waals surface area contributed by atoms with Crippen molar-refractivity contribution in [3.05, 3.63) is 28.6 Å². The van der Waals surface area contributed by atoms with Crippen molar-refractivity contribution in [2.75, 3.05) is 7.05 Å². The summed E-state index contributed by atoms with van der Waals surface area (Å²) in [4.78, 5) is 5.13. The van der Waals surface area contributed by atoms with E-state index in [0.717, 1.165) is 16.3 Å². The maximum atomic E-state index is 5.30. The maximum Gasteiger partial charge on any atom is 0.184 e. The van der Waals surface area contributed by atoms with Crippen molar-refractivity contribution >= 4 is 11.3 Å². The first-order valence-corrected chi connectivity index (χ1v) is 4.82. The van der Waals surface area contributed by atoms with E-state index in [4.69, 9.17) is 4.42 Å². The van der Waals surface area contributed by atoms with E-state index in [2.05, 4.69) is 4.99 Å². The van der Waals surface area contributed by atoms with Gasteiger partial charge in [-0.3, -0.25) is 4.99 Å². The van der Waals surface area contributed by atoms with Gasteiger partial charge in [0.15, 0.2) is 10.6 Å². The van der Waals surface area contributed by atoms with Crippen LogP contribution in [0.4, 0.5) is 0 Å². The van der Waals surface area contributed by atoms with Crippen molar-refractivity contribution in [1.82, 2.24) is 4.57 Å². The number of hydrogen-bond donors (Lipinski definition) is 0. The van der Waals surface area contributed by atoms with Gasteiger partial charge in [-0.05, 0) is 12.1 Å². The van der Waals surface area contributed by atoms with E-state index in [0.29, 0.717) is 0 Å². The molecule has 2 rings (SSSR count). The zero-order valence-electron chi connectivity index (χ0n) is 7.52. The summed E-state index contributed by atoms with van der Waals surface area (Å²) in [6.45, 7) is 0. The molecule has 0 fully saturated rings. The summed E-state index contributed by atoms with van der Waals surface area (Å²) < 4.78 is 7.32. The third-order valence-electron chi connectivity index (χ3n) is 1.89. The quantitative estimate of drug-likeness (QED) is 0.681. The van der Waals surface area contributed by atoms with Crippen LogP contribution in [-0.2, 0) is 7.05 Å². The zero-order valence-corrected chi connectivity index (χ0v) is 8.34. The Labute approximate surface area is 80.0 Å². The lowest BCUT2D eigenvalue weighted by Crippen LogP contribution is -2.10. The van der Waals surface area contributed by atoms with Gasteiger partial charge >= 0.3 is 0 Å². The average Bonchev–Trinajstić information content (AvgIpc) is 2.72. The highest BCUT2D eigenvalue weighted by Gasteiger charge is 2.05. The Morgan fingerprint density at radius 3 is 2.92 bits per heavy atom. The summed E-state index contributed by atoms with van der Waals surface area (Å²) in [6.07, 6.45) is 1.68. The van der Waals surface area contributed by atoms with E-state index < -0.39 is 0 Å². The first-order valence-electron chi connectivity index (χ1n) is 3.94. The third kappa shape index (κ3) is 1.33. The number of furan rings is 1. The predicted molar refractivity (Wildman–Crippen MR) is 52.5 cm³/mol. The van der Waals surface area contributed by atoms with Crippen LogP contribution >= 0.6 is 11.3 Å². The lowest BCUT2D eigenvalue weighted by molar-refractivity contribution is 0.576. The van der Waals surface area contributed by atoms with Crippen molar-refractivity contribution in [1.29, 1.82) is 0 Å². The molecule has 0 aliphatic heterocycles. The summed E-state index contributed by atoms with van der Waals surface area (Å²) in [6, 6.07) is 3.83. The van der Waals surface area contributed by atoms with Crippen LogP contribution < -0.4 is 4.80 Å². The highest BCUT2D eigenvalue weighted by molar-refractivity contribution is 7.07. The van der Waals surface area contributed by atoms with Crippen LogP contribution in [0.5, 0.6) is 0 Å². The molecule has 0 aliphatic rings. The van der Waals surface area contributed by atoms with Gasteiger partial charge in [0.05, 0.1) is 12.0 Å². The molecular formula is C9H10N2OS. The first kappa shape index (κ1) is 8.31. The van der Waals surface area contributed by atoms with Gasteiger partial charge in [-0.1, -0.05) is 0 Å². The Bertz CT molecular complexity index is 450. The second-order valence-corrected chi connectivity index (χ2v) is 3.50. The highest BCUT2D eigenvalue weighted by atomic mass is 32.1. The summed E-state index contributed by atoms with van der Waals surface area (Å²) in [7, 11) is 3.77. The van der Waals surface area contributed by atoms with Gasteiger partial charge in [-0.15, -0.1) is 11.3 Å². The van der Waals surface area contributed by atoms with Crippen LogP contribution in [0.1, 0.15) is 0 Å². The van der Waals surface area contributed by atoms with E-state index in [1.165, 1.54) is 0 Å². The van der Waals surface area contributed by atoms with Gasteiger partial charge in [0.25, 0.3) is 0 Å². The van der Waals surface area contributed by atoms with Gasteiger partial charge < -0.3 is 8.98 Å². The number of rotatable bonds is 1. The van der Waals surface area contributed by atoms with E-state index in [1.807, 2.05) is 29.1 Å². The molecule has 0 aromatic carbocycles. The minimum absolute atomic E-state index is 0.883. The zero-order chi connectivity index (χ0) is 9.26. The largest absolute Gasteiger partial charge is 0.463 e. The number of aromatic nitrogens is 1. The molecule has 68 valence electrons. The van der Waals surface area contributed by atoms with Crippen molar-refractivity contribution < 1.29 is 4.42 Å². The Hall–Kier alpha value is -1.29. The average molecular weight is 194 g/mol. The molecule has 0 unspecified atom stereocenters. The Morgan fingerprint density at radius 2 is 2.38 bits per heavy atom. The van der Waals surface area contributed by atoms with Crippen molar-refractivity contribution in [3.8, 4) is 11.5 Å². The lowest BCUT2D eigenvalue weighted by atomic mass is 10.3. The van der Waals surface area contributed by atoms with E-state index in [9.17, 15) is 0 Å². The van der Waals surface area contributed by atoms with Crippen LogP contribution in [0.25, 0.3) is 11.5 Å². The van der Waals surface area contributed by atoms with Gasteiger partial charge in [0.1, 0.15) is 0 Å². The lowest BCUT2D eigenvalue weighted by Gasteiger charge is -1.96. The molecule has 0 atom stereocenters. The van der Waals surface area contributed by atoms with Crippen LogP contribution in [0.15, 0.2) is 33.2 Å². The Balaban J connectivity index is 2.61. The molecule has 2 heterocycles. The van der Waals surface area contributed by atoms with Crippen molar-refractivity contribution in [2.45, 2.75) is 0 Å². The standard InChI is InChI=1S/C9H10N2OS/c1-10-9-11(2)7(6-13-9)8-4-3-5-12-8/h3-6H,1-2H3. The minimum Gasteiger partial charge on any atom is -0.463 e. The van der Waals surface area contributed by atoms with Crippen LogP contribution in [-0.4, -0.2) is 11.6 Å². The van der Waals surface area contributed by atoms with E-state index >= 15 is 0 Å². The molecule has 2 aromatic heterocycles. The van der Waals surface area contributed by atoms with Crippen molar-refractivity contribution in [2.24, 2.45) is 12.0 Å². The smallest absolute Gasteiger partial charge is 0.184 e. The van der Waals surface area contributed by atoms with Gasteiger partial charge in [-0.25, -0.2) is 0 Å². The first-order chi connectivity index (χ1) is 6.33. The highest BCUT2D eigenvalue weighted by Crippen LogP contribution is 2.18. The second-order valence-electron chi connectivity index (χ2n) is 2.66. The predicted octanol–water partition coefficient (Wildman–Crippen LogP) is 1.88. The normalized spacial score (nSPS) is 12.3. The Kier molecular flexibility index (Phi) is 2.06. The second kappa shape index (κ2) is 3.22. The topological polar surface area (TPSA) is 30.4 Å². The molecule has 3 nitrogen and oxygen atoms in total. The summed E-state index contributed by atoms with van der Waals surface area (Å²) >= 11 is 1.61. The minimum atomic E-state index is 0.883. The number of nitrogens with zero attached hydrogens (tertiary/aromatic N) is 2. The maximum absolute atomic E-state index is 5.30. The fourth-order valence-electron chi connectivity index (χ4n) is 1.22. The SMILES string of the molecule is CN=c1scc(-c2ccco2)n1C. The number of thiazole rings is 1. The molecule has 0 saturated carbocycles. The van der Waals surface area contributed by atoms with Gasteiger partial charge in [-0.2, -0.15) is 0 Å². The Morgan fingerprint density at radius 1 is 1.54 bits per heavy atom. The van der Waals surface area contributed by atoms with Gasteiger partial charge in [0, 0.05) is 19.5 Å². The van der Waals surface area contributed by atoms with E-state index in [-0.39, 0.29) is 0 Å². The molecule has 13 heavy (non-hydrogen) atoms. The summed E-state index contributed by atoms with van der Waals surface area (Å²) in [5.41, 5.74) is 1.07. The molecule has 0 amide bonds. The van der Waals surface area contributed by atoms with E-state index in [1.54, 1.807) is 24.6 Å². The molecule has 0 N–H and O–H groups in total.